The smallest absolute Gasteiger partial charge is 0.212 e. The Morgan fingerprint density at radius 3 is 2.77 bits per heavy atom. The van der Waals surface area contributed by atoms with E-state index in [4.69, 9.17) is 28.0 Å². The SMILES string of the molecule is Cc1c(/C(CSc2ccc(Cl)cc2)=N\OCc2ccc(F)cc2Cl)sc2ncnn12. The van der Waals surface area contributed by atoms with Gasteiger partial charge >= 0.3 is 0 Å². The summed E-state index contributed by atoms with van der Waals surface area (Å²) in [6.07, 6.45) is 1.52. The maximum absolute atomic E-state index is 13.2. The molecule has 0 unspecified atom stereocenters. The molecule has 0 atom stereocenters. The van der Waals surface area contributed by atoms with Crippen LogP contribution in [0.25, 0.3) is 4.96 Å². The van der Waals surface area contributed by atoms with E-state index < -0.39 is 5.82 Å². The van der Waals surface area contributed by atoms with Crippen molar-refractivity contribution in [3.05, 3.63) is 80.8 Å². The fourth-order valence-corrected chi connectivity index (χ4v) is 4.98. The van der Waals surface area contributed by atoms with E-state index in [1.165, 1.54) is 29.8 Å². The van der Waals surface area contributed by atoms with Crippen molar-refractivity contribution in [3.63, 3.8) is 0 Å². The molecule has 2 aromatic heterocycles. The number of fused-ring (bicyclic) bond motifs is 1. The zero-order chi connectivity index (χ0) is 21.1. The highest BCUT2D eigenvalue weighted by atomic mass is 35.5. The Morgan fingerprint density at radius 1 is 1.23 bits per heavy atom. The highest BCUT2D eigenvalue weighted by Gasteiger charge is 2.17. The van der Waals surface area contributed by atoms with Crippen molar-refractivity contribution in [1.29, 1.82) is 0 Å². The number of halogens is 3. The van der Waals surface area contributed by atoms with Crippen LogP contribution in [0.15, 0.2) is 58.8 Å². The first kappa shape index (κ1) is 21.1. The number of thioether (sulfide) groups is 1. The van der Waals surface area contributed by atoms with Crippen LogP contribution in [0.3, 0.4) is 0 Å². The number of aryl methyl sites for hydroxylation is 1. The van der Waals surface area contributed by atoms with Gasteiger partial charge in [-0.2, -0.15) is 5.10 Å². The Morgan fingerprint density at radius 2 is 2.03 bits per heavy atom. The van der Waals surface area contributed by atoms with E-state index >= 15 is 0 Å². The molecule has 154 valence electrons. The molecule has 4 aromatic rings. The Kier molecular flexibility index (Phi) is 6.58. The van der Waals surface area contributed by atoms with Gasteiger partial charge in [0.05, 0.1) is 15.6 Å². The molecule has 0 bridgehead atoms. The van der Waals surface area contributed by atoms with E-state index in [0.29, 0.717) is 21.4 Å². The van der Waals surface area contributed by atoms with Crippen molar-refractivity contribution in [1.82, 2.24) is 14.6 Å². The minimum Gasteiger partial charge on any atom is -0.391 e. The lowest BCUT2D eigenvalue weighted by molar-refractivity contribution is 0.130. The molecule has 30 heavy (non-hydrogen) atoms. The molecule has 0 N–H and O–H groups in total. The third-order valence-corrected chi connectivity index (χ3v) is 7.04. The number of aromatic nitrogens is 3. The molecular weight excluding hydrogens is 466 g/mol. The summed E-state index contributed by atoms with van der Waals surface area (Å²) < 4.78 is 15.0. The van der Waals surface area contributed by atoms with Crippen molar-refractivity contribution in [2.45, 2.75) is 18.4 Å². The Hall–Kier alpha value is -2.13. The fraction of sp³-hybridized carbons (Fsp3) is 0.150. The van der Waals surface area contributed by atoms with Crippen molar-refractivity contribution in [2.75, 3.05) is 5.75 Å². The second kappa shape index (κ2) is 9.34. The Labute approximate surface area is 190 Å². The monoisotopic (exact) mass is 480 g/mol. The Bertz CT molecular complexity index is 1210. The highest BCUT2D eigenvalue weighted by molar-refractivity contribution is 8.00. The third kappa shape index (κ3) is 4.78. The molecule has 2 heterocycles. The normalized spacial score (nSPS) is 11.9. The summed E-state index contributed by atoms with van der Waals surface area (Å²) >= 11 is 15.2. The lowest BCUT2D eigenvalue weighted by Gasteiger charge is -2.08. The van der Waals surface area contributed by atoms with E-state index in [2.05, 4.69) is 15.2 Å². The van der Waals surface area contributed by atoms with Crippen LogP contribution in [0, 0.1) is 12.7 Å². The molecule has 0 aliphatic rings. The number of thiazole rings is 1. The first-order chi connectivity index (χ1) is 14.5. The largest absolute Gasteiger partial charge is 0.391 e. The van der Waals surface area contributed by atoms with E-state index in [0.717, 1.165) is 26.1 Å². The van der Waals surface area contributed by atoms with Gasteiger partial charge in [-0.3, -0.25) is 0 Å². The van der Waals surface area contributed by atoms with Crippen LogP contribution in [0.5, 0.6) is 0 Å². The number of hydrogen-bond donors (Lipinski definition) is 0. The fourth-order valence-electron chi connectivity index (χ4n) is 2.69. The molecule has 0 saturated heterocycles. The van der Waals surface area contributed by atoms with Gasteiger partial charge in [-0.25, -0.2) is 13.9 Å². The predicted octanol–water partition coefficient (Wildman–Crippen LogP) is 6.26. The van der Waals surface area contributed by atoms with Crippen molar-refractivity contribution < 1.29 is 9.23 Å². The zero-order valence-corrected chi connectivity index (χ0v) is 18.8. The third-order valence-electron chi connectivity index (χ3n) is 4.22. The summed E-state index contributed by atoms with van der Waals surface area (Å²) in [6, 6.07) is 11.8. The van der Waals surface area contributed by atoms with Crippen LogP contribution in [-0.2, 0) is 11.4 Å². The van der Waals surface area contributed by atoms with Gasteiger partial charge in [-0.1, -0.05) is 45.8 Å². The van der Waals surface area contributed by atoms with Crippen LogP contribution >= 0.6 is 46.3 Å². The molecule has 4 rings (SSSR count). The van der Waals surface area contributed by atoms with Crippen LogP contribution in [0.1, 0.15) is 16.1 Å². The lowest BCUT2D eigenvalue weighted by Crippen LogP contribution is -2.07. The summed E-state index contributed by atoms with van der Waals surface area (Å²) in [7, 11) is 0. The first-order valence-corrected chi connectivity index (χ1v) is 11.4. The minimum absolute atomic E-state index is 0.133. The topological polar surface area (TPSA) is 51.8 Å². The molecule has 10 heteroatoms. The average molecular weight is 481 g/mol. The van der Waals surface area contributed by atoms with Gasteiger partial charge in [0.1, 0.15) is 24.5 Å². The maximum atomic E-state index is 13.2. The molecule has 0 amide bonds. The lowest BCUT2D eigenvalue weighted by atomic mass is 10.2. The van der Waals surface area contributed by atoms with E-state index in [9.17, 15) is 4.39 Å². The number of rotatable bonds is 7. The van der Waals surface area contributed by atoms with Gasteiger partial charge in [-0.05, 0) is 43.3 Å². The predicted molar refractivity (Wildman–Crippen MR) is 121 cm³/mol. The van der Waals surface area contributed by atoms with Crippen LogP contribution in [-0.4, -0.2) is 26.1 Å². The van der Waals surface area contributed by atoms with Gasteiger partial charge in [0, 0.05) is 21.2 Å². The van der Waals surface area contributed by atoms with Crippen molar-refractivity contribution >= 4 is 57.0 Å². The van der Waals surface area contributed by atoms with Crippen molar-refractivity contribution in [2.24, 2.45) is 5.16 Å². The summed E-state index contributed by atoms with van der Waals surface area (Å²) in [5, 5.41) is 9.61. The second-order valence-electron chi connectivity index (χ2n) is 6.26. The van der Waals surface area contributed by atoms with Crippen LogP contribution in [0.2, 0.25) is 10.0 Å². The molecule has 0 saturated carbocycles. The van der Waals surface area contributed by atoms with E-state index in [1.54, 1.807) is 22.3 Å². The summed E-state index contributed by atoms with van der Waals surface area (Å²) in [5.74, 6) is 0.181. The average Bonchev–Trinajstić information content (AvgIpc) is 3.30. The van der Waals surface area contributed by atoms with E-state index in [1.807, 2.05) is 31.2 Å². The second-order valence-corrected chi connectivity index (χ2v) is 9.13. The van der Waals surface area contributed by atoms with Gasteiger partial charge in [0.15, 0.2) is 0 Å². The molecular formula is C20H15Cl2FN4OS2. The summed E-state index contributed by atoms with van der Waals surface area (Å²) in [5.41, 5.74) is 2.35. The molecule has 0 fully saturated rings. The molecule has 5 nitrogen and oxygen atoms in total. The van der Waals surface area contributed by atoms with Gasteiger partial charge in [-0.15, -0.1) is 11.8 Å². The first-order valence-electron chi connectivity index (χ1n) is 8.82. The van der Waals surface area contributed by atoms with Crippen LogP contribution < -0.4 is 0 Å². The number of nitrogens with zero attached hydrogens (tertiary/aromatic N) is 4. The standard InChI is InChI=1S/C20H15Cl2FN4OS2/c1-12-19(30-20-24-11-25-27(12)20)18(10-29-16-6-3-14(21)4-7-16)26-28-9-13-2-5-15(23)8-17(13)22/h2-8,11H,9-10H2,1H3/b26-18-. The molecule has 0 aliphatic carbocycles. The Balaban J connectivity index is 1.57. The number of oxime groups is 1. The minimum atomic E-state index is -0.391. The van der Waals surface area contributed by atoms with Crippen LogP contribution in [0.4, 0.5) is 4.39 Å². The van der Waals surface area contributed by atoms with E-state index in [-0.39, 0.29) is 6.61 Å². The maximum Gasteiger partial charge on any atom is 0.212 e. The molecule has 0 radical (unpaired) electrons. The molecule has 0 aliphatic heterocycles. The highest BCUT2D eigenvalue weighted by Crippen LogP contribution is 2.27. The number of benzene rings is 2. The molecule has 0 spiro atoms. The van der Waals surface area contributed by atoms with Gasteiger partial charge < -0.3 is 4.84 Å². The van der Waals surface area contributed by atoms with Gasteiger partial charge in [0.2, 0.25) is 4.96 Å². The van der Waals surface area contributed by atoms with Crippen molar-refractivity contribution in [3.8, 4) is 0 Å². The zero-order valence-electron chi connectivity index (χ0n) is 15.7. The van der Waals surface area contributed by atoms with Gasteiger partial charge in [0.25, 0.3) is 0 Å². The molecule has 2 aromatic carbocycles. The summed E-state index contributed by atoms with van der Waals surface area (Å²) in [4.78, 5) is 12.6. The quantitative estimate of drug-likeness (QED) is 0.178. The number of hydrogen-bond acceptors (Lipinski definition) is 6. The summed E-state index contributed by atoms with van der Waals surface area (Å²) in [6.45, 7) is 2.10.